The van der Waals surface area contributed by atoms with Crippen molar-refractivity contribution in [1.29, 1.82) is 0 Å². The van der Waals surface area contributed by atoms with Crippen LogP contribution >= 0.6 is 0 Å². The summed E-state index contributed by atoms with van der Waals surface area (Å²) in [5.41, 5.74) is 0. The van der Waals surface area contributed by atoms with Crippen LogP contribution in [0.1, 0.15) is 26.7 Å². The van der Waals surface area contributed by atoms with Gasteiger partial charge < -0.3 is 14.2 Å². The van der Waals surface area contributed by atoms with E-state index in [4.69, 9.17) is 14.2 Å². The van der Waals surface area contributed by atoms with Gasteiger partial charge in [0.1, 0.15) is 12.4 Å². The van der Waals surface area contributed by atoms with Gasteiger partial charge in [-0.2, -0.15) is 0 Å². The Morgan fingerprint density at radius 3 is 2.24 bits per heavy atom. The molecule has 0 aliphatic carbocycles. The van der Waals surface area contributed by atoms with Gasteiger partial charge in [-0.15, -0.1) is 0 Å². The molecule has 0 N–H and O–H groups in total. The van der Waals surface area contributed by atoms with Crippen LogP contribution in [0.25, 0.3) is 0 Å². The molecule has 100 valence electrons. The summed E-state index contributed by atoms with van der Waals surface area (Å²) in [6.07, 6.45) is 0.399. The van der Waals surface area contributed by atoms with Crippen molar-refractivity contribution in [3.8, 4) is 0 Å². The molecule has 0 heterocycles. The molecule has 0 rings (SSSR count). The number of methoxy groups -OCH3 is 1. The molecule has 0 aliphatic heterocycles. The largest absolute Gasteiger partial charge is 0.463 e. The Morgan fingerprint density at radius 1 is 1.00 bits per heavy atom. The second kappa shape index (κ2) is 10.2. The summed E-state index contributed by atoms with van der Waals surface area (Å²) in [6, 6.07) is 0. The van der Waals surface area contributed by atoms with Gasteiger partial charge in [0.05, 0.1) is 26.2 Å². The first-order valence-corrected chi connectivity index (χ1v) is 5.83. The minimum absolute atomic E-state index is 0.0276. The van der Waals surface area contributed by atoms with Crippen molar-refractivity contribution in [2.45, 2.75) is 26.7 Å². The third kappa shape index (κ3) is 9.96. The molecule has 0 spiro atoms. The minimum atomic E-state index is -0.352. The summed E-state index contributed by atoms with van der Waals surface area (Å²) in [5, 5.41) is 0. The van der Waals surface area contributed by atoms with Crippen molar-refractivity contribution in [1.82, 2.24) is 0 Å². The van der Waals surface area contributed by atoms with Gasteiger partial charge in [-0.25, -0.2) is 0 Å². The Morgan fingerprint density at radius 2 is 1.65 bits per heavy atom. The summed E-state index contributed by atoms with van der Waals surface area (Å²) in [5.74, 6) is -0.298. The van der Waals surface area contributed by atoms with Crippen LogP contribution in [0.5, 0.6) is 0 Å². The number of hydrogen-bond acceptors (Lipinski definition) is 5. The average Bonchev–Trinajstić information content (AvgIpc) is 2.30. The lowest BCUT2D eigenvalue weighted by Crippen LogP contribution is -2.14. The first-order chi connectivity index (χ1) is 8.07. The molecule has 0 aromatic rings. The summed E-state index contributed by atoms with van der Waals surface area (Å²) in [4.78, 5) is 22.5. The Balaban J connectivity index is 3.38. The van der Waals surface area contributed by atoms with Crippen molar-refractivity contribution >= 4 is 11.8 Å². The second-order valence-corrected chi connectivity index (χ2v) is 3.95. The number of carbonyl (C=O) groups is 2. The molecule has 0 fully saturated rings. The van der Waals surface area contributed by atoms with Crippen molar-refractivity contribution < 1.29 is 23.8 Å². The number of ketones is 1. The van der Waals surface area contributed by atoms with Crippen molar-refractivity contribution in [3.05, 3.63) is 0 Å². The molecular formula is C12H22O5. The fourth-order valence-corrected chi connectivity index (χ4v) is 1.04. The molecule has 17 heavy (non-hydrogen) atoms. The zero-order valence-corrected chi connectivity index (χ0v) is 10.9. The van der Waals surface area contributed by atoms with E-state index in [9.17, 15) is 9.59 Å². The van der Waals surface area contributed by atoms with Gasteiger partial charge in [-0.3, -0.25) is 9.59 Å². The maximum atomic E-state index is 11.2. The number of hydrogen-bond donors (Lipinski definition) is 0. The van der Waals surface area contributed by atoms with Crippen molar-refractivity contribution in [2.75, 3.05) is 33.5 Å². The predicted molar refractivity (Wildman–Crippen MR) is 62.7 cm³/mol. The van der Waals surface area contributed by atoms with Crippen molar-refractivity contribution in [3.63, 3.8) is 0 Å². The van der Waals surface area contributed by atoms with Gasteiger partial charge >= 0.3 is 5.97 Å². The van der Waals surface area contributed by atoms with E-state index in [1.54, 1.807) is 7.11 Å². The molecule has 0 amide bonds. The van der Waals surface area contributed by atoms with E-state index < -0.39 is 0 Å². The van der Waals surface area contributed by atoms with Crippen LogP contribution in [0.3, 0.4) is 0 Å². The topological polar surface area (TPSA) is 61.8 Å². The number of carbonyl (C=O) groups excluding carboxylic acids is 2. The van der Waals surface area contributed by atoms with E-state index in [2.05, 4.69) is 0 Å². The Labute approximate surface area is 102 Å². The Kier molecular flexibility index (Phi) is 9.66. The first kappa shape index (κ1) is 16.1. The van der Waals surface area contributed by atoms with Gasteiger partial charge in [0.15, 0.2) is 0 Å². The minimum Gasteiger partial charge on any atom is -0.463 e. The fourth-order valence-electron chi connectivity index (χ4n) is 1.04. The highest BCUT2D eigenvalue weighted by Gasteiger charge is 2.10. The van der Waals surface area contributed by atoms with E-state index in [1.807, 2.05) is 13.8 Å². The Bertz CT molecular complexity index is 225. The molecule has 0 unspecified atom stereocenters. The summed E-state index contributed by atoms with van der Waals surface area (Å²) in [6.45, 7) is 5.22. The average molecular weight is 246 g/mol. The third-order valence-corrected chi connectivity index (χ3v) is 2.14. The maximum Gasteiger partial charge on any atom is 0.306 e. The van der Waals surface area contributed by atoms with E-state index in [-0.39, 0.29) is 37.1 Å². The molecule has 5 heteroatoms. The number of Topliss-reactive ketones (excluding diaryl/α,β-unsaturated/α-hetero) is 1. The van der Waals surface area contributed by atoms with Gasteiger partial charge in [-0.1, -0.05) is 13.8 Å². The highest BCUT2D eigenvalue weighted by atomic mass is 16.6. The number of ether oxygens (including phenoxy) is 3. The lowest BCUT2D eigenvalue weighted by atomic mass is 10.1. The number of esters is 1. The van der Waals surface area contributed by atoms with Gasteiger partial charge in [0.2, 0.25) is 0 Å². The molecule has 0 radical (unpaired) electrons. The van der Waals surface area contributed by atoms with Crippen LogP contribution in [-0.2, 0) is 23.8 Å². The second-order valence-electron chi connectivity index (χ2n) is 3.95. The monoisotopic (exact) mass is 246 g/mol. The van der Waals surface area contributed by atoms with Gasteiger partial charge in [0.25, 0.3) is 0 Å². The van der Waals surface area contributed by atoms with Gasteiger partial charge in [0, 0.05) is 19.4 Å². The first-order valence-electron chi connectivity index (χ1n) is 5.83. The van der Waals surface area contributed by atoms with E-state index in [0.29, 0.717) is 19.8 Å². The molecule has 0 atom stereocenters. The summed E-state index contributed by atoms with van der Waals surface area (Å²) < 4.78 is 14.8. The predicted octanol–water partition coefficient (Wildman–Crippen LogP) is 1.20. The maximum absolute atomic E-state index is 11.2. The standard InChI is InChI=1S/C12H22O5/c1-10(2)11(13)4-5-12(14)17-9-8-16-7-6-15-3/h10H,4-9H2,1-3H3. The Hall–Kier alpha value is -0.940. The molecular weight excluding hydrogens is 224 g/mol. The quantitative estimate of drug-likeness (QED) is 0.428. The SMILES string of the molecule is COCCOCCOC(=O)CCC(=O)C(C)C. The van der Waals surface area contributed by atoms with Crippen LogP contribution in [-0.4, -0.2) is 45.3 Å². The van der Waals surface area contributed by atoms with E-state index in [0.717, 1.165) is 0 Å². The molecule has 5 nitrogen and oxygen atoms in total. The normalized spacial score (nSPS) is 10.6. The number of rotatable bonds is 10. The van der Waals surface area contributed by atoms with Crippen molar-refractivity contribution in [2.24, 2.45) is 5.92 Å². The lowest BCUT2D eigenvalue weighted by Gasteiger charge is -2.06. The van der Waals surface area contributed by atoms with E-state index in [1.165, 1.54) is 0 Å². The van der Waals surface area contributed by atoms with Crippen LogP contribution in [0.15, 0.2) is 0 Å². The molecule has 0 saturated heterocycles. The van der Waals surface area contributed by atoms with E-state index >= 15 is 0 Å². The smallest absolute Gasteiger partial charge is 0.306 e. The molecule has 0 saturated carbocycles. The van der Waals surface area contributed by atoms with Crippen LogP contribution in [0.2, 0.25) is 0 Å². The van der Waals surface area contributed by atoms with Crippen LogP contribution < -0.4 is 0 Å². The molecule has 0 bridgehead atoms. The lowest BCUT2D eigenvalue weighted by molar-refractivity contribution is -0.146. The molecule has 0 aliphatic rings. The molecule has 0 aromatic carbocycles. The highest BCUT2D eigenvalue weighted by Crippen LogP contribution is 2.02. The zero-order chi connectivity index (χ0) is 13.1. The third-order valence-electron chi connectivity index (χ3n) is 2.14. The molecule has 0 aromatic heterocycles. The zero-order valence-electron chi connectivity index (χ0n) is 10.9. The highest BCUT2D eigenvalue weighted by molar-refractivity contribution is 5.84. The fraction of sp³-hybridized carbons (Fsp3) is 0.833. The van der Waals surface area contributed by atoms with Gasteiger partial charge in [-0.05, 0) is 0 Å². The summed E-state index contributed by atoms with van der Waals surface area (Å²) in [7, 11) is 1.59. The van der Waals surface area contributed by atoms with Crippen LogP contribution in [0, 0.1) is 5.92 Å². The van der Waals surface area contributed by atoms with Crippen LogP contribution in [0.4, 0.5) is 0 Å². The summed E-state index contributed by atoms with van der Waals surface area (Å²) >= 11 is 0.